The van der Waals surface area contributed by atoms with Crippen LogP contribution in [0.3, 0.4) is 0 Å². The largest absolute Gasteiger partial charge is 0.391 e. The summed E-state index contributed by atoms with van der Waals surface area (Å²) >= 11 is 1.63. The van der Waals surface area contributed by atoms with Crippen LogP contribution < -0.4 is 0 Å². The molecule has 0 aromatic carbocycles. The molecule has 0 bridgehead atoms. The second-order valence-electron chi connectivity index (χ2n) is 5.60. The summed E-state index contributed by atoms with van der Waals surface area (Å²) < 4.78 is 0. The zero-order valence-corrected chi connectivity index (χ0v) is 13.1. The van der Waals surface area contributed by atoms with Gasteiger partial charge in [0, 0.05) is 30.1 Å². The number of aliphatic hydroxyl groups is 1. The van der Waals surface area contributed by atoms with Crippen molar-refractivity contribution in [2.75, 3.05) is 27.2 Å². The van der Waals surface area contributed by atoms with Crippen molar-refractivity contribution < 1.29 is 9.90 Å². The van der Waals surface area contributed by atoms with Crippen LogP contribution in [0, 0.1) is 6.92 Å². The standard InChI is InChI=1S/C15H22N2O2S/c1-11-6-7-20-14(11)4-5-15(19)17-10-13(18)8-12(17)9-16(2)3/h4-7,12-13,18H,8-10H2,1-3H3. The first-order valence-corrected chi connectivity index (χ1v) is 7.71. The molecule has 1 aliphatic heterocycles. The first-order valence-electron chi connectivity index (χ1n) is 6.83. The van der Waals surface area contributed by atoms with Gasteiger partial charge >= 0.3 is 0 Å². The fourth-order valence-corrected chi connectivity index (χ4v) is 3.37. The molecule has 0 spiro atoms. The molecule has 110 valence electrons. The highest BCUT2D eigenvalue weighted by molar-refractivity contribution is 7.11. The number of amides is 1. The van der Waals surface area contributed by atoms with Crippen molar-refractivity contribution >= 4 is 23.3 Å². The summed E-state index contributed by atoms with van der Waals surface area (Å²) in [6, 6.07) is 2.14. The first-order chi connectivity index (χ1) is 9.47. The Bertz CT molecular complexity index is 496. The van der Waals surface area contributed by atoms with Gasteiger partial charge in [0.2, 0.25) is 5.91 Å². The van der Waals surface area contributed by atoms with Gasteiger partial charge in [-0.1, -0.05) is 0 Å². The minimum atomic E-state index is -0.402. The van der Waals surface area contributed by atoms with E-state index in [1.54, 1.807) is 22.3 Å². The molecule has 1 amide bonds. The normalized spacial score (nSPS) is 23.1. The van der Waals surface area contributed by atoms with E-state index in [4.69, 9.17) is 0 Å². The summed E-state index contributed by atoms with van der Waals surface area (Å²) in [6.45, 7) is 3.26. The van der Waals surface area contributed by atoms with E-state index in [9.17, 15) is 9.90 Å². The summed E-state index contributed by atoms with van der Waals surface area (Å²) in [4.78, 5) is 17.3. The van der Waals surface area contributed by atoms with Crippen LogP contribution in [0.1, 0.15) is 16.9 Å². The van der Waals surface area contributed by atoms with Gasteiger partial charge in [-0.25, -0.2) is 0 Å². The Morgan fingerprint density at radius 1 is 1.60 bits per heavy atom. The molecule has 1 N–H and O–H groups in total. The van der Waals surface area contributed by atoms with Gasteiger partial charge in [-0.3, -0.25) is 4.79 Å². The number of aliphatic hydroxyl groups excluding tert-OH is 1. The minimum absolute atomic E-state index is 0.0128. The predicted molar refractivity (Wildman–Crippen MR) is 82.8 cm³/mol. The van der Waals surface area contributed by atoms with Gasteiger partial charge < -0.3 is 14.9 Å². The third-order valence-corrected chi connectivity index (χ3v) is 4.51. The van der Waals surface area contributed by atoms with Crippen molar-refractivity contribution in [1.82, 2.24) is 9.80 Å². The molecular formula is C15H22N2O2S. The number of rotatable bonds is 4. The second-order valence-corrected chi connectivity index (χ2v) is 6.55. The average Bonchev–Trinajstić information content (AvgIpc) is 2.92. The lowest BCUT2D eigenvalue weighted by Crippen LogP contribution is -2.40. The van der Waals surface area contributed by atoms with Crippen LogP contribution >= 0.6 is 11.3 Å². The van der Waals surface area contributed by atoms with E-state index < -0.39 is 6.10 Å². The Morgan fingerprint density at radius 2 is 2.35 bits per heavy atom. The quantitative estimate of drug-likeness (QED) is 0.858. The smallest absolute Gasteiger partial charge is 0.246 e. The highest BCUT2D eigenvalue weighted by atomic mass is 32.1. The molecule has 1 saturated heterocycles. The molecule has 2 unspecified atom stereocenters. The molecule has 1 aromatic heterocycles. The summed E-state index contributed by atoms with van der Waals surface area (Å²) in [5, 5.41) is 11.8. The minimum Gasteiger partial charge on any atom is -0.391 e. The molecule has 0 saturated carbocycles. The number of β-amino-alcohol motifs (C(OH)–C–C–N with tert-alkyl or cyclic N) is 1. The molecular weight excluding hydrogens is 272 g/mol. The Labute approximate surface area is 124 Å². The van der Waals surface area contributed by atoms with Gasteiger partial charge in [-0.2, -0.15) is 0 Å². The summed E-state index contributed by atoms with van der Waals surface area (Å²) in [5.74, 6) is -0.0128. The average molecular weight is 294 g/mol. The molecule has 1 aliphatic rings. The van der Waals surface area contributed by atoms with Crippen LogP contribution in [0.4, 0.5) is 0 Å². The topological polar surface area (TPSA) is 43.8 Å². The molecule has 2 heterocycles. The van der Waals surface area contributed by atoms with E-state index in [0.29, 0.717) is 13.0 Å². The lowest BCUT2D eigenvalue weighted by molar-refractivity contribution is -0.127. The molecule has 4 nitrogen and oxygen atoms in total. The Balaban J connectivity index is 2.03. The fourth-order valence-electron chi connectivity index (χ4n) is 2.55. The molecule has 2 atom stereocenters. The fraction of sp³-hybridized carbons (Fsp3) is 0.533. The number of nitrogens with zero attached hydrogens (tertiary/aromatic N) is 2. The van der Waals surface area contributed by atoms with Crippen molar-refractivity contribution in [2.45, 2.75) is 25.5 Å². The van der Waals surface area contributed by atoms with Gasteiger partial charge in [0.25, 0.3) is 0 Å². The second kappa shape index (κ2) is 6.52. The van der Waals surface area contributed by atoms with Crippen molar-refractivity contribution in [3.05, 3.63) is 28.0 Å². The zero-order chi connectivity index (χ0) is 14.7. The monoisotopic (exact) mass is 294 g/mol. The Kier molecular flexibility index (Phi) is 4.96. The Hall–Kier alpha value is -1.17. The number of carbonyl (C=O) groups is 1. The van der Waals surface area contributed by atoms with E-state index >= 15 is 0 Å². The van der Waals surface area contributed by atoms with E-state index in [1.165, 1.54) is 5.56 Å². The summed E-state index contributed by atoms with van der Waals surface area (Å²) in [6.07, 6.45) is 3.76. The van der Waals surface area contributed by atoms with Crippen molar-refractivity contribution in [1.29, 1.82) is 0 Å². The van der Waals surface area contributed by atoms with Crippen molar-refractivity contribution in [3.8, 4) is 0 Å². The molecule has 0 radical (unpaired) electrons. The zero-order valence-electron chi connectivity index (χ0n) is 12.2. The molecule has 20 heavy (non-hydrogen) atoms. The summed E-state index contributed by atoms with van der Waals surface area (Å²) in [5.41, 5.74) is 1.19. The highest BCUT2D eigenvalue weighted by Crippen LogP contribution is 2.21. The van der Waals surface area contributed by atoms with Gasteiger partial charge in [0.15, 0.2) is 0 Å². The van der Waals surface area contributed by atoms with E-state index in [1.807, 2.05) is 38.5 Å². The van der Waals surface area contributed by atoms with Crippen LogP contribution in [-0.4, -0.2) is 60.1 Å². The van der Waals surface area contributed by atoms with Crippen LogP contribution in [0.5, 0.6) is 0 Å². The number of thiophene rings is 1. The number of hydrogen-bond donors (Lipinski definition) is 1. The van der Waals surface area contributed by atoms with Crippen LogP contribution in [-0.2, 0) is 4.79 Å². The molecule has 1 aromatic rings. The van der Waals surface area contributed by atoms with Crippen molar-refractivity contribution in [3.63, 3.8) is 0 Å². The third kappa shape index (κ3) is 3.69. The molecule has 5 heteroatoms. The molecule has 1 fully saturated rings. The predicted octanol–water partition coefficient (Wildman–Crippen LogP) is 1.59. The third-order valence-electron chi connectivity index (χ3n) is 3.53. The lowest BCUT2D eigenvalue weighted by Gasteiger charge is -2.25. The van der Waals surface area contributed by atoms with E-state index in [-0.39, 0.29) is 11.9 Å². The van der Waals surface area contributed by atoms with Gasteiger partial charge in [0.05, 0.1) is 6.10 Å². The van der Waals surface area contributed by atoms with Crippen LogP contribution in [0.15, 0.2) is 17.5 Å². The number of likely N-dealkylation sites (tertiary alicyclic amines) is 1. The van der Waals surface area contributed by atoms with Gasteiger partial charge in [0.1, 0.15) is 0 Å². The first kappa shape index (κ1) is 15.2. The number of aryl methyl sites for hydroxylation is 1. The molecule has 2 rings (SSSR count). The number of likely N-dealkylation sites (N-methyl/N-ethyl adjacent to an activating group) is 1. The summed E-state index contributed by atoms with van der Waals surface area (Å²) in [7, 11) is 3.97. The SMILES string of the molecule is Cc1ccsc1C=CC(=O)N1CC(O)CC1CN(C)C. The molecule has 0 aliphatic carbocycles. The van der Waals surface area contributed by atoms with E-state index in [2.05, 4.69) is 4.90 Å². The number of hydrogen-bond acceptors (Lipinski definition) is 4. The maximum atomic E-state index is 12.3. The maximum absolute atomic E-state index is 12.3. The van der Waals surface area contributed by atoms with Gasteiger partial charge in [-0.15, -0.1) is 11.3 Å². The van der Waals surface area contributed by atoms with Crippen molar-refractivity contribution in [2.24, 2.45) is 0 Å². The van der Waals surface area contributed by atoms with Gasteiger partial charge in [-0.05, 0) is 50.5 Å². The van der Waals surface area contributed by atoms with E-state index in [0.717, 1.165) is 11.4 Å². The number of carbonyl (C=O) groups excluding carboxylic acids is 1. The lowest BCUT2D eigenvalue weighted by atomic mass is 10.2. The highest BCUT2D eigenvalue weighted by Gasteiger charge is 2.33. The van der Waals surface area contributed by atoms with Crippen LogP contribution in [0.2, 0.25) is 0 Å². The Morgan fingerprint density at radius 3 is 2.95 bits per heavy atom. The van der Waals surface area contributed by atoms with Crippen LogP contribution in [0.25, 0.3) is 6.08 Å². The maximum Gasteiger partial charge on any atom is 0.246 e.